The molecule has 3 saturated heterocycles. The summed E-state index contributed by atoms with van der Waals surface area (Å²) in [5, 5.41) is 23.3. The number of carbonyl (C=O) groups excluding carboxylic acids is 4. The number of aliphatic hydroxyl groups is 2. The van der Waals surface area contributed by atoms with Gasteiger partial charge in [0, 0.05) is 59.3 Å². The van der Waals surface area contributed by atoms with Crippen molar-refractivity contribution in [2.45, 2.75) is 193 Å². The van der Waals surface area contributed by atoms with E-state index in [0.717, 1.165) is 0 Å². The highest BCUT2D eigenvalue weighted by molar-refractivity contribution is 5.83. The van der Waals surface area contributed by atoms with Gasteiger partial charge >= 0.3 is 11.9 Å². The van der Waals surface area contributed by atoms with Crippen molar-refractivity contribution >= 4 is 23.6 Å². The first-order chi connectivity index (χ1) is 27.2. The maximum atomic E-state index is 14.4. The largest absolute Gasteiger partial charge is 0.459 e. The number of hydrogen-bond donors (Lipinski definition) is 2. The summed E-state index contributed by atoms with van der Waals surface area (Å²) >= 11 is 0. The molecule has 16 heteroatoms. The number of esters is 2. The van der Waals surface area contributed by atoms with Crippen molar-refractivity contribution in [3.63, 3.8) is 0 Å². The van der Waals surface area contributed by atoms with Gasteiger partial charge in [-0.15, -0.1) is 0 Å². The monoisotopic (exact) mass is 845 g/mol. The second-order valence-electron chi connectivity index (χ2n) is 18.3. The average Bonchev–Trinajstić information content (AvgIpc) is 3.16. The van der Waals surface area contributed by atoms with Crippen LogP contribution in [0, 0.1) is 23.7 Å². The number of ether oxygens (including phenoxy) is 8. The normalized spacial score (nSPS) is 44.4. The van der Waals surface area contributed by atoms with E-state index in [0.29, 0.717) is 6.42 Å². The van der Waals surface area contributed by atoms with Gasteiger partial charge in [-0.05, 0) is 74.9 Å². The molecule has 0 bridgehead atoms. The van der Waals surface area contributed by atoms with Gasteiger partial charge in [0.2, 0.25) is 5.91 Å². The van der Waals surface area contributed by atoms with Gasteiger partial charge in [0.15, 0.2) is 18.7 Å². The minimum absolute atomic E-state index is 0.105. The second-order valence-corrected chi connectivity index (χ2v) is 18.3. The summed E-state index contributed by atoms with van der Waals surface area (Å²) < 4.78 is 51.1. The fraction of sp³-hybridized carbons (Fsp3) is 0.907. The average molecular weight is 845 g/mol. The summed E-state index contributed by atoms with van der Waals surface area (Å²) in [7, 11) is 8.58. The molecule has 0 saturated carbocycles. The van der Waals surface area contributed by atoms with Crippen LogP contribution in [0.1, 0.15) is 109 Å². The SMILES string of the molecule is CC[C@H]1OC(=O)[C@H](C)[C@@H](O[C@H]2C[C@@](C)(OC)[C@@H](OC(C)=O)[C@H](C)O2)[C@H](C)[C@@H](O[C@@H]2O[C@H](C)C[C@@H](N(C)C(C)=O)[C@@H]2N(C)C)[C@@](C)(OC)C[C@@H](C)C(=O)[C@H](C)[C@@H](O)[C@]1(C)O. The molecule has 2 N–H and O–H groups in total. The Bertz CT molecular complexity index is 1450. The fourth-order valence-corrected chi connectivity index (χ4v) is 9.66. The zero-order valence-electron chi connectivity index (χ0n) is 38.7. The van der Waals surface area contributed by atoms with Crippen molar-refractivity contribution in [1.82, 2.24) is 9.80 Å². The zero-order chi connectivity index (χ0) is 45.1. The molecule has 18 atom stereocenters. The van der Waals surface area contributed by atoms with Crippen LogP contribution in [-0.4, -0.2) is 163 Å². The predicted octanol–water partition coefficient (Wildman–Crippen LogP) is 3.50. The first-order valence-electron chi connectivity index (χ1n) is 21.1. The number of amides is 1. The lowest BCUT2D eigenvalue weighted by atomic mass is 9.73. The summed E-state index contributed by atoms with van der Waals surface area (Å²) in [5.74, 6) is -5.18. The Labute approximate surface area is 352 Å². The number of likely N-dealkylation sites (N-methyl/N-ethyl adjacent to an activating group) is 2. The van der Waals surface area contributed by atoms with Gasteiger partial charge in [0.1, 0.15) is 23.1 Å². The Morgan fingerprint density at radius 1 is 0.864 bits per heavy atom. The quantitative estimate of drug-likeness (QED) is 0.304. The lowest BCUT2D eigenvalue weighted by molar-refractivity contribution is -0.315. The second kappa shape index (κ2) is 20.3. The molecule has 0 aromatic rings. The molecule has 1 amide bonds. The first kappa shape index (κ1) is 51.1. The molecule has 0 aliphatic carbocycles. The van der Waals surface area contributed by atoms with Crippen LogP contribution in [0.25, 0.3) is 0 Å². The lowest BCUT2D eigenvalue weighted by Crippen LogP contribution is -2.64. The molecule has 3 aliphatic rings. The number of aliphatic hydroxyl groups excluding tert-OH is 1. The van der Waals surface area contributed by atoms with E-state index in [9.17, 15) is 29.4 Å². The zero-order valence-corrected chi connectivity index (χ0v) is 38.7. The van der Waals surface area contributed by atoms with Crippen molar-refractivity contribution in [2.24, 2.45) is 23.7 Å². The molecule has 3 aliphatic heterocycles. The molecule has 0 aromatic carbocycles. The molecule has 59 heavy (non-hydrogen) atoms. The number of ketones is 1. The van der Waals surface area contributed by atoms with Crippen LogP contribution >= 0.6 is 0 Å². The fourth-order valence-electron chi connectivity index (χ4n) is 9.66. The highest BCUT2D eigenvalue weighted by Gasteiger charge is 2.55. The molecule has 0 aromatic heterocycles. The lowest BCUT2D eigenvalue weighted by Gasteiger charge is -2.51. The van der Waals surface area contributed by atoms with E-state index < -0.39 is 108 Å². The molecule has 3 heterocycles. The summed E-state index contributed by atoms with van der Waals surface area (Å²) in [6.07, 6.45) is -7.55. The van der Waals surface area contributed by atoms with Crippen molar-refractivity contribution < 1.29 is 67.3 Å². The third-order valence-corrected chi connectivity index (χ3v) is 13.4. The van der Waals surface area contributed by atoms with Gasteiger partial charge in [0.05, 0.1) is 54.1 Å². The van der Waals surface area contributed by atoms with Crippen molar-refractivity contribution in [2.75, 3.05) is 35.4 Å². The van der Waals surface area contributed by atoms with Crippen LogP contribution in [0.15, 0.2) is 0 Å². The van der Waals surface area contributed by atoms with Gasteiger partial charge in [-0.1, -0.05) is 27.7 Å². The minimum atomic E-state index is -1.99. The molecule has 3 rings (SSSR count). The number of Topliss-reactive ketones (excluding diaryl/α,β-unsaturated/α-hetero) is 1. The Morgan fingerprint density at radius 3 is 1.95 bits per heavy atom. The number of carbonyl (C=O) groups is 4. The smallest absolute Gasteiger partial charge is 0.311 e. The van der Waals surface area contributed by atoms with Crippen molar-refractivity contribution in [3.8, 4) is 0 Å². The highest BCUT2D eigenvalue weighted by Crippen LogP contribution is 2.42. The number of rotatable bonds is 10. The van der Waals surface area contributed by atoms with Gasteiger partial charge in [0.25, 0.3) is 0 Å². The Balaban J connectivity index is 2.29. The summed E-state index contributed by atoms with van der Waals surface area (Å²) in [4.78, 5) is 57.2. The van der Waals surface area contributed by atoms with Gasteiger partial charge in [-0.2, -0.15) is 0 Å². The summed E-state index contributed by atoms with van der Waals surface area (Å²) in [6.45, 7) is 20.1. The van der Waals surface area contributed by atoms with Crippen LogP contribution < -0.4 is 0 Å². The molecule has 0 spiro atoms. The molecule has 3 fully saturated rings. The van der Waals surface area contributed by atoms with E-state index in [1.165, 1.54) is 35.0 Å². The molecule has 16 nitrogen and oxygen atoms in total. The number of hydrogen-bond acceptors (Lipinski definition) is 15. The van der Waals surface area contributed by atoms with E-state index in [2.05, 4.69) is 0 Å². The molecule has 342 valence electrons. The van der Waals surface area contributed by atoms with Crippen LogP contribution in [0.4, 0.5) is 0 Å². The minimum Gasteiger partial charge on any atom is -0.459 e. The van der Waals surface area contributed by atoms with Crippen molar-refractivity contribution in [1.29, 1.82) is 0 Å². The van der Waals surface area contributed by atoms with Crippen LogP contribution in [-0.2, 0) is 57.1 Å². The van der Waals surface area contributed by atoms with E-state index in [4.69, 9.17) is 37.9 Å². The maximum absolute atomic E-state index is 14.4. The first-order valence-corrected chi connectivity index (χ1v) is 21.1. The molecular formula is C43H76N2O14. The third-order valence-electron chi connectivity index (χ3n) is 13.4. The van der Waals surface area contributed by atoms with Crippen molar-refractivity contribution in [3.05, 3.63) is 0 Å². The van der Waals surface area contributed by atoms with Gasteiger partial charge in [-0.3, -0.25) is 24.1 Å². The molecule has 0 unspecified atom stereocenters. The molecule has 0 radical (unpaired) electrons. The third kappa shape index (κ3) is 11.2. The van der Waals surface area contributed by atoms with Crippen LogP contribution in [0.2, 0.25) is 0 Å². The molecular weight excluding hydrogens is 768 g/mol. The van der Waals surface area contributed by atoms with Crippen LogP contribution in [0.3, 0.4) is 0 Å². The summed E-state index contributed by atoms with van der Waals surface area (Å²) in [5.41, 5.74) is -4.31. The highest BCUT2D eigenvalue weighted by atomic mass is 16.7. The van der Waals surface area contributed by atoms with E-state index in [-0.39, 0.29) is 43.1 Å². The number of nitrogens with zero attached hydrogens (tertiary/aromatic N) is 2. The van der Waals surface area contributed by atoms with E-state index in [1.807, 2.05) is 39.8 Å². The number of cyclic esters (lactones) is 1. The predicted molar refractivity (Wildman–Crippen MR) is 217 cm³/mol. The maximum Gasteiger partial charge on any atom is 0.311 e. The Morgan fingerprint density at radius 2 is 1.44 bits per heavy atom. The number of methoxy groups -OCH3 is 2. The van der Waals surface area contributed by atoms with Gasteiger partial charge in [-0.25, -0.2) is 0 Å². The standard InChI is InChI=1S/C43H76N2O14/c1-18-31-43(12,51)36(49)24(4)34(48)22(2)20-41(10,52-16)37(59-40-33(44(13)14)30(19-23(3)54-40)45(15)28(8)46)25(5)35(26(6)39(50)57-31)58-32-21-42(11,53-17)38(27(7)55-32)56-29(9)47/h22-27,30-33,35-38,40,49,51H,18-21H2,1-17H3/t22-,23-,24+,25+,26-,27+,30-,31-,32+,33+,35+,36-,37-,38+,40+,41+,42-,43-/m1/s1. The Hall–Kier alpha value is -2.28. The summed E-state index contributed by atoms with van der Waals surface area (Å²) in [6, 6.07) is -0.747. The van der Waals surface area contributed by atoms with E-state index in [1.54, 1.807) is 53.5 Å². The van der Waals surface area contributed by atoms with Crippen LogP contribution in [0.5, 0.6) is 0 Å². The van der Waals surface area contributed by atoms with E-state index >= 15 is 0 Å². The van der Waals surface area contributed by atoms with Gasteiger partial charge < -0.3 is 53.0 Å². The topological polar surface area (TPSA) is 189 Å². The Kier molecular flexibility index (Phi) is 17.5.